The summed E-state index contributed by atoms with van der Waals surface area (Å²) in [6.07, 6.45) is 6.89. The molecule has 0 aromatic heterocycles. The molecule has 1 fully saturated rings. The Bertz CT molecular complexity index is 394. The average Bonchev–Trinajstić information content (AvgIpc) is 2.67. The van der Waals surface area contributed by atoms with Gasteiger partial charge in [0.15, 0.2) is 0 Å². The third-order valence-corrected chi connectivity index (χ3v) is 4.58. The van der Waals surface area contributed by atoms with Crippen molar-refractivity contribution < 1.29 is 0 Å². The number of anilines is 1. The van der Waals surface area contributed by atoms with Crippen LogP contribution in [0.25, 0.3) is 0 Å². The molecule has 1 saturated heterocycles. The molecule has 1 aliphatic rings. The second-order valence-corrected chi connectivity index (χ2v) is 6.24. The molecule has 1 aromatic carbocycles. The highest BCUT2D eigenvalue weighted by atomic mass is 35.5. The Balaban J connectivity index is 1.70. The van der Waals surface area contributed by atoms with Gasteiger partial charge in [-0.15, -0.1) is 0 Å². The lowest BCUT2D eigenvalue weighted by atomic mass is 9.96. The number of hydrogen-bond acceptors (Lipinski definition) is 2. The lowest BCUT2D eigenvalue weighted by Gasteiger charge is -2.20. The molecule has 112 valence electrons. The highest BCUT2D eigenvalue weighted by Gasteiger charge is 2.15. The zero-order valence-electron chi connectivity index (χ0n) is 12.6. The summed E-state index contributed by atoms with van der Waals surface area (Å²) in [5, 5.41) is 4.25. The number of hydrogen-bond donors (Lipinski definition) is 1. The Morgan fingerprint density at radius 3 is 2.90 bits per heavy atom. The Labute approximate surface area is 128 Å². The predicted octanol–water partition coefficient (Wildman–Crippen LogP) is 4.65. The first kappa shape index (κ1) is 15.7. The van der Waals surface area contributed by atoms with Gasteiger partial charge in [0.2, 0.25) is 0 Å². The molecule has 0 spiro atoms. The fourth-order valence-corrected chi connectivity index (χ4v) is 3.30. The van der Waals surface area contributed by atoms with E-state index in [0.717, 1.165) is 29.7 Å². The van der Waals surface area contributed by atoms with Crippen molar-refractivity contribution in [1.29, 1.82) is 0 Å². The van der Waals surface area contributed by atoms with Gasteiger partial charge in [-0.25, -0.2) is 0 Å². The van der Waals surface area contributed by atoms with Gasteiger partial charge in [0, 0.05) is 13.1 Å². The maximum absolute atomic E-state index is 6.15. The summed E-state index contributed by atoms with van der Waals surface area (Å²) >= 11 is 6.15. The standard InChI is InChI=1S/C17H27ClN2/c1-2-6-15-7-5-12-20(13-10-15)14-11-19-17-9-4-3-8-16(17)18/h3-4,8-9,15,19H,2,5-7,10-14H2,1H3. The molecule has 1 N–H and O–H groups in total. The van der Waals surface area contributed by atoms with Gasteiger partial charge in [-0.1, -0.05) is 43.5 Å². The first-order valence-corrected chi connectivity index (χ1v) is 8.38. The van der Waals surface area contributed by atoms with Crippen LogP contribution in [0, 0.1) is 5.92 Å². The summed E-state index contributed by atoms with van der Waals surface area (Å²) in [6.45, 7) is 6.90. The zero-order valence-corrected chi connectivity index (χ0v) is 13.3. The van der Waals surface area contributed by atoms with Gasteiger partial charge in [-0.3, -0.25) is 0 Å². The van der Waals surface area contributed by atoms with Crippen LogP contribution in [0.3, 0.4) is 0 Å². The summed E-state index contributed by atoms with van der Waals surface area (Å²) in [6, 6.07) is 7.97. The summed E-state index contributed by atoms with van der Waals surface area (Å²) in [4.78, 5) is 2.60. The summed E-state index contributed by atoms with van der Waals surface area (Å²) in [7, 11) is 0. The van der Waals surface area contributed by atoms with Gasteiger partial charge in [0.25, 0.3) is 0 Å². The highest BCUT2D eigenvalue weighted by molar-refractivity contribution is 6.33. The van der Waals surface area contributed by atoms with E-state index in [1.165, 1.54) is 45.2 Å². The molecule has 1 aromatic rings. The molecule has 2 rings (SSSR count). The van der Waals surface area contributed by atoms with Crippen LogP contribution in [0.2, 0.25) is 5.02 Å². The first-order valence-electron chi connectivity index (χ1n) is 8.00. The van der Waals surface area contributed by atoms with E-state index in [-0.39, 0.29) is 0 Å². The number of benzene rings is 1. The average molecular weight is 295 g/mol. The van der Waals surface area contributed by atoms with E-state index in [1.54, 1.807) is 0 Å². The summed E-state index contributed by atoms with van der Waals surface area (Å²) < 4.78 is 0. The number of halogens is 1. The first-order chi connectivity index (χ1) is 9.79. The fourth-order valence-electron chi connectivity index (χ4n) is 3.10. The topological polar surface area (TPSA) is 15.3 Å². The number of rotatable bonds is 6. The van der Waals surface area contributed by atoms with Gasteiger partial charge in [-0.05, 0) is 50.4 Å². The molecular weight excluding hydrogens is 268 g/mol. The third kappa shape index (κ3) is 4.99. The molecule has 1 heterocycles. The molecular formula is C17H27ClN2. The highest BCUT2D eigenvalue weighted by Crippen LogP contribution is 2.22. The lowest BCUT2D eigenvalue weighted by Crippen LogP contribution is -2.30. The Hall–Kier alpha value is -0.730. The Kier molecular flexibility index (Phi) is 6.68. The predicted molar refractivity (Wildman–Crippen MR) is 88.6 cm³/mol. The minimum atomic E-state index is 0.811. The van der Waals surface area contributed by atoms with E-state index in [4.69, 9.17) is 11.6 Å². The van der Waals surface area contributed by atoms with Crippen molar-refractivity contribution >= 4 is 17.3 Å². The van der Waals surface area contributed by atoms with Gasteiger partial charge < -0.3 is 10.2 Å². The van der Waals surface area contributed by atoms with E-state index >= 15 is 0 Å². The van der Waals surface area contributed by atoms with Crippen molar-refractivity contribution in [2.75, 3.05) is 31.5 Å². The minimum Gasteiger partial charge on any atom is -0.383 e. The smallest absolute Gasteiger partial charge is 0.0637 e. The van der Waals surface area contributed by atoms with Crippen molar-refractivity contribution in [2.24, 2.45) is 5.92 Å². The van der Waals surface area contributed by atoms with Gasteiger partial charge in [-0.2, -0.15) is 0 Å². The van der Waals surface area contributed by atoms with Crippen molar-refractivity contribution in [3.8, 4) is 0 Å². The van der Waals surface area contributed by atoms with Crippen molar-refractivity contribution in [3.05, 3.63) is 29.3 Å². The van der Waals surface area contributed by atoms with E-state index in [1.807, 2.05) is 24.3 Å². The molecule has 0 radical (unpaired) electrons. The SMILES string of the molecule is CCCC1CCCN(CCNc2ccccc2Cl)CC1. The molecule has 1 aliphatic heterocycles. The van der Waals surface area contributed by atoms with Crippen LogP contribution in [0.4, 0.5) is 5.69 Å². The Morgan fingerprint density at radius 2 is 2.10 bits per heavy atom. The quantitative estimate of drug-likeness (QED) is 0.821. The molecule has 0 saturated carbocycles. The lowest BCUT2D eigenvalue weighted by molar-refractivity contribution is 0.289. The molecule has 3 heteroatoms. The van der Waals surface area contributed by atoms with Crippen LogP contribution < -0.4 is 5.32 Å². The van der Waals surface area contributed by atoms with Crippen LogP contribution in [-0.2, 0) is 0 Å². The summed E-state index contributed by atoms with van der Waals surface area (Å²) in [5.74, 6) is 0.960. The molecule has 0 aliphatic carbocycles. The van der Waals surface area contributed by atoms with Crippen LogP contribution in [0.5, 0.6) is 0 Å². The van der Waals surface area contributed by atoms with Gasteiger partial charge >= 0.3 is 0 Å². The van der Waals surface area contributed by atoms with Gasteiger partial charge in [0.05, 0.1) is 10.7 Å². The van der Waals surface area contributed by atoms with E-state index in [2.05, 4.69) is 17.1 Å². The van der Waals surface area contributed by atoms with Crippen LogP contribution >= 0.6 is 11.6 Å². The monoisotopic (exact) mass is 294 g/mol. The maximum atomic E-state index is 6.15. The molecule has 0 bridgehead atoms. The van der Waals surface area contributed by atoms with E-state index in [0.29, 0.717) is 0 Å². The van der Waals surface area contributed by atoms with E-state index < -0.39 is 0 Å². The molecule has 2 nitrogen and oxygen atoms in total. The normalized spacial score (nSPS) is 20.6. The van der Waals surface area contributed by atoms with Gasteiger partial charge in [0.1, 0.15) is 0 Å². The Morgan fingerprint density at radius 1 is 1.25 bits per heavy atom. The molecule has 1 unspecified atom stereocenters. The van der Waals surface area contributed by atoms with Crippen molar-refractivity contribution in [3.63, 3.8) is 0 Å². The van der Waals surface area contributed by atoms with Crippen LogP contribution in [0.15, 0.2) is 24.3 Å². The van der Waals surface area contributed by atoms with Crippen molar-refractivity contribution in [2.45, 2.75) is 39.0 Å². The summed E-state index contributed by atoms with van der Waals surface area (Å²) in [5.41, 5.74) is 1.05. The fraction of sp³-hybridized carbons (Fsp3) is 0.647. The largest absolute Gasteiger partial charge is 0.383 e. The third-order valence-electron chi connectivity index (χ3n) is 4.25. The zero-order chi connectivity index (χ0) is 14.2. The minimum absolute atomic E-state index is 0.811. The van der Waals surface area contributed by atoms with Crippen LogP contribution in [0.1, 0.15) is 39.0 Å². The van der Waals surface area contributed by atoms with E-state index in [9.17, 15) is 0 Å². The second-order valence-electron chi connectivity index (χ2n) is 5.83. The number of likely N-dealkylation sites (tertiary alicyclic amines) is 1. The second kappa shape index (κ2) is 8.53. The molecule has 20 heavy (non-hydrogen) atoms. The number of nitrogens with one attached hydrogen (secondary N) is 1. The van der Waals surface area contributed by atoms with Crippen LogP contribution in [-0.4, -0.2) is 31.1 Å². The molecule has 1 atom stereocenters. The number of para-hydroxylation sites is 1. The molecule has 0 amide bonds. The number of nitrogens with zero attached hydrogens (tertiary/aromatic N) is 1. The maximum Gasteiger partial charge on any atom is 0.0637 e. The van der Waals surface area contributed by atoms with Crippen molar-refractivity contribution in [1.82, 2.24) is 4.90 Å².